The first-order valence-electron chi connectivity index (χ1n) is 24.8. The van der Waals surface area contributed by atoms with Gasteiger partial charge in [0, 0.05) is 24.0 Å². The number of halogens is 3. The van der Waals surface area contributed by atoms with Crippen molar-refractivity contribution < 1.29 is 66.8 Å². The quantitative estimate of drug-likeness (QED) is 0.0647. The van der Waals surface area contributed by atoms with E-state index in [1.54, 1.807) is 69.2 Å². The smallest absolute Gasteiger partial charge is 0.305 e. The molecule has 2 aliphatic heterocycles. The Balaban J connectivity index is 0.000000389. The molecule has 408 valence electrons. The first-order valence-corrected chi connectivity index (χ1v) is 24.8. The van der Waals surface area contributed by atoms with Gasteiger partial charge < -0.3 is 45.7 Å². The molecule has 6 atom stereocenters. The van der Waals surface area contributed by atoms with E-state index in [9.17, 15) is 47.4 Å². The van der Waals surface area contributed by atoms with E-state index >= 15 is 0 Å². The molecule has 6 N–H and O–H groups in total. The fourth-order valence-electron chi connectivity index (χ4n) is 8.95. The minimum Gasteiger partial charge on any atom is -0.507 e. The second kappa shape index (κ2) is 26.4. The topological polar surface area (TPSA) is 236 Å². The highest BCUT2D eigenvalue weighted by atomic mass is 79.9. The number of phenolic OH excluding ortho intramolecular Hbond substituents is 1. The van der Waals surface area contributed by atoms with Gasteiger partial charge in [0.25, 0.3) is 11.8 Å². The Morgan fingerprint density at radius 3 is 1.51 bits per heavy atom. The highest BCUT2D eigenvalue weighted by molar-refractivity contribution is 8.93. The molecular formula is C55H75BrF2N4O12. The molecule has 16 nitrogen and oxygen atoms in total. The summed E-state index contributed by atoms with van der Waals surface area (Å²) in [7, 11) is 0. The number of alkyl halides is 2. The van der Waals surface area contributed by atoms with Crippen molar-refractivity contribution in [1.82, 2.24) is 21.3 Å². The van der Waals surface area contributed by atoms with Crippen LogP contribution in [0.5, 0.6) is 23.0 Å². The average Bonchev–Trinajstić information content (AvgIpc) is 3.35. The zero-order valence-electron chi connectivity index (χ0n) is 44.9. The number of carboxylic acid groups (broad SMARTS) is 1. The average molecular weight is 1100 g/mol. The van der Waals surface area contributed by atoms with Gasteiger partial charge in [0.1, 0.15) is 61.1 Å². The number of Topliss-reactive ketones (excluding diaryl/α,β-unsaturated/α-hetero) is 2. The summed E-state index contributed by atoms with van der Waals surface area (Å²) >= 11 is 0. The molecule has 0 aromatic heterocycles. The zero-order chi connectivity index (χ0) is 54.9. The maximum Gasteiger partial charge on any atom is 0.305 e. The number of carbonyl (C=O) groups is 7. The predicted octanol–water partition coefficient (Wildman–Crippen LogP) is 7.47. The number of carbonyl (C=O) groups excluding carboxylic acids is 6. The highest BCUT2D eigenvalue weighted by Gasteiger charge is 2.45. The molecule has 2 heterocycles. The molecule has 19 heteroatoms. The molecular weight excluding hydrogens is 1030 g/mol. The fourth-order valence-corrected chi connectivity index (χ4v) is 8.95. The van der Waals surface area contributed by atoms with Crippen LogP contribution in [-0.4, -0.2) is 100 Å². The molecule has 3 aromatic carbocycles. The lowest BCUT2D eigenvalue weighted by Crippen LogP contribution is -2.59. The lowest BCUT2D eigenvalue weighted by Gasteiger charge is -2.38. The van der Waals surface area contributed by atoms with Crippen LogP contribution in [-0.2, 0) is 53.0 Å². The molecule has 0 bridgehead atoms. The van der Waals surface area contributed by atoms with Gasteiger partial charge in [0.05, 0.1) is 12.5 Å². The predicted molar refractivity (Wildman–Crippen MR) is 281 cm³/mol. The van der Waals surface area contributed by atoms with Crippen molar-refractivity contribution in [2.24, 2.45) is 11.8 Å². The number of ketones is 2. The molecule has 3 aromatic rings. The number of phenols is 1. The van der Waals surface area contributed by atoms with E-state index in [2.05, 4.69) is 21.3 Å². The number of rotatable bonds is 20. The molecule has 0 radical (unpaired) electrons. The minimum absolute atomic E-state index is 0. The number of fused-ring (bicyclic) bond motifs is 2. The van der Waals surface area contributed by atoms with Crippen molar-refractivity contribution in [2.45, 2.75) is 171 Å². The summed E-state index contributed by atoms with van der Waals surface area (Å²) in [5.74, 6) is -3.85. The normalized spacial score (nSPS) is 18.2. The van der Waals surface area contributed by atoms with Crippen LogP contribution in [0.3, 0.4) is 0 Å². The van der Waals surface area contributed by atoms with Crippen LogP contribution in [0.2, 0.25) is 0 Å². The van der Waals surface area contributed by atoms with Crippen molar-refractivity contribution in [3.8, 4) is 23.0 Å². The molecule has 5 rings (SSSR count). The Hall–Kier alpha value is -6.11. The number of hydrogen-bond acceptors (Lipinski definition) is 11. The Labute approximate surface area is 443 Å². The van der Waals surface area contributed by atoms with E-state index < -0.39 is 102 Å². The SMILES string of the molecule is Br.CCC(NC(=O)[C@@H](NC(=O)[C@]1(C)CCc2c(C)c(OCc3ccccc3)c(C)c(C)c2O1)C(C)C)C(=O)CF.Cc1c(C)c2c(c(C)c1O)CC[C@@](C)(C(=O)N[C@H](C(=O)NC(CC(=O)O)C(=O)CF)C(C)C)O2. The molecule has 0 aliphatic carbocycles. The molecule has 2 unspecified atom stereocenters. The van der Waals surface area contributed by atoms with E-state index in [0.29, 0.717) is 54.9 Å². The maximum atomic E-state index is 13.5. The summed E-state index contributed by atoms with van der Waals surface area (Å²) in [5.41, 5.74) is 5.33. The summed E-state index contributed by atoms with van der Waals surface area (Å²) in [6.07, 6.45) is 1.29. The van der Waals surface area contributed by atoms with Crippen LogP contribution in [0, 0.1) is 53.4 Å². The molecule has 74 heavy (non-hydrogen) atoms. The van der Waals surface area contributed by atoms with Gasteiger partial charge in [-0.25, -0.2) is 8.78 Å². The third-order valence-corrected chi connectivity index (χ3v) is 14.1. The lowest BCUT2D eigenvalue weighted by molar-refractivity contribution is -0.143. The summed E-state index contributed by atoms with van der Waals surface area (Å²) in [4.78, 5) is 87.2. The molecule has 0 fully saturated rings. The molecule has 2 aliphatic rings. The van der Waals surface area contributed by atoms with Crippen molar-refractivity contribution in [1.29, 1.82) is 0 Å². The van der Waals surface area contributed by atoms with Gasteiger partial charge in [-0.1, -0.05) is 65.0 Å². The van der Waals surface area contributed by atoms with Crippen LogP contribution in [0.1, 0.15) is 124 Å². The number of amides is 4. The van der Waals surface area contributed by atoms with Gasteiger partial charge in [-0.3, -0.25) is 33.6 Å². The standard InChI is InChI=1S/C31H41FN2O5.C24H33FN2O7.BrH/c1-8-24(25(35)16-32)33-29(36)26(18(2)3)34-30(37)31(7)15-14-23-21(6)27(19(4)20(5)28(23)39-31)38-17-22-12-10-9-11-13-22;1-11(2)19(22(32)26-16(9-18(29)30)17(28)10-25)27-23(33)24(6)8-7-15-14(5)20(31)12(3)13(4)21(15)34-24;/h9-13,18,24,26H,8,14-17H2,1-7H3,(H,33,36)(H,34,37);11,16,19,31H,7-10H2,1-6H3,(H,26,32)(H,27,33)(H,29,30);1H/t24?,26-,31-;16?,19-,24-;/m00./s1. The van der Waals surface area contributed by atoms with E-state index in [4.69, 9.17) is 19.3 Å². The number of aliphatic carboxylic acids is 1. The van der Waals surface area contributed by atoms with Crippen LogP contribution < -0.4 is 35.5 Å². The van der Waals surface area contributed by atoms with Crippen LogP contribution >= 0.6 is 17.0 Å². The van der Waals surface area contributed by atoms with E-state index in [1.807, 2.05) is 51.1 Å². The molecule has 0 saturated heterocycles. The third-order valence-electron chi connectivity index (χ3n) is 14.1. The van der Waals surface area contributed by atoms with Crippen LogP contribution in [0.25, 0.3) is 0 Å². The number of carboxylic acids is 1. The Kier molecular flexibility index (Phi) is 22.2. The van der Waals surface area contributed by atoms with E-state index in [-0.39, 0.29) is 35.1 Å². The van der Waals surface area contributed by atoms with Crippen molar-refractivity contribution in [3.05, 3.63) is 80.4 Å². The third kappa shape index (κ3) is 14.4. The summed E-state index contributed by atoms with van der Waals surface area (Å²) in [6.45, 7) is 21.2. The maximum absolute atomic E-state index is 13.5. The number of benzene rings is 3. The second-order valence-electron chi connectivity index (χ2n) is 20.2. The van der Waals surface area contributed by atoms with Gasteiger partial charge in [0.15, 0.2) is 22.8 Å². The summed E-state index contributed by atoms with van der Waals surface area (Å²) < 4.78 is 44.5. The number of hydrogen-bond donors (Lipinski definition) is 6. The van der Waals surface area contributed by atoms with Crippen molar-refractivity contribution in [2.75, 3.05) is 13.3 Å². The van der Waals surface area contributed by atoms with Gasteiger partial charge in [-0.15, -0.1) is 17.0 Å². The summed E-state index contributed by atoms with van der Waals surface area (Å²) in [5, 5.41) is 29.7. The number of ether oxygens (including phenoxy) is 3. The number of aromatic hydroxyl groups is 1. The largest absolute Gasteiger partial charge is 0.507 e. The Morgan fingerprint density at radius 1 is 0.649 bits per heavy atom. The van der Waals surface area contributed by atoms with Crippen molar-refractivity contribution in [3.63, 3.8) is 0 Å². The van der Waals surface area contributed by atoms with Crippen LogP contribution in [0.4, 0.5) is 8.78 Å². The monoisotopic (exact) mass is 1100 g/mol. The first-order chi connectivity index (χ1) is 34.2. The van der Waals surface area contributed by atoms with Gasteiger partial charge in [-0.2, -0.15) is 0 Å². The Bertz CT molecular complexity index is 2580. The van der Waals surface area contributed by atoms with E-state index in [0.717, 1.165) is 44.7 Å². The van der Waals surface area contributed by atoms with Crippen molar-refractivity contribution >= 4 is 58.1 Å². The lowest BCUT2D eigenvalue weighted by atomic mass is 9.86. The molecule has 4 amide bonds. The molecule has 0 saturated carbocycles. The van der Waals surface area contributed by atoms with Crippen LogP contribution in [0.15, 0.2) is 30.3 Å². The second-order valence-corrected chi connectivity index (χ2v) is 20.2. The van der Waals surface area contributed by atoms with Gasteiger partial charge in [-0.05, 0) is 125 Å². The fraction of sp³-hybridized carbons (Fsp3) is 0.545. The van der Waals surface area contributed by atoms with Gasteiger partial charge in [0.2, 0.25) is 11.8 Å². The molecule has 0 spiro atoms. The Morgan fingerprint density at radius 2 is 1.08 bits per heavy atom. The first kappa shape index (κ1) is 62.2. The summed E-state index contributed by atoms with van der Waals surface area (Å²) in [6, 6.07) is 5.50. The minimum atomic E-state index is -1.54. The van der Waals surface area contributed by atoms with E-state index in [1.165, 1.54) is 0 Å². The zero-order valence-corrected chi connectivity index (χ0v) is 46.6. The van der Waals surface area contributed by atoms with Gasteiger partial charge >= 0.3 is 5.97 Å². The number of nitrogens with one attached hydrogen (secondary N) is 4. The highest BCUT2D eigenvalue weighted by Crippen LogP contribution is 2.45.